The van der Waals surface area contributed by atoms with Crippen molar-refractivity contribution in [2.24, 2.45) is 0 Å². The quantitative estimate of drug-likeness (QED) is 0.882. The van der Waals surface area contributed by atoms with E-state index in [1.165, 1.54) is 18.2 Å². The summed E-state index contributed by atoms with van der Waals surface area (Å²) in [4.78, 5) is 11.5. The van der Waals surface area contributed by atoms with Gasteiger partial charge in [-0.25, -0.2) is 4.68 Å². The second-order valence-corrected chi connectivity index (χ2v) is 4.26. The predicted octanol–water partition coefficient (Wildman–Crippen LogP) is 2.52. The molecule has 1 heterocycles. The van der Waals surface area contributed by atoms with Crippen LogP contribution in [-0.4, -0.2) is 11.3 Å². The number of nitrogen functional groups attached to an aromatic ring is 1. The largest absolute Gasteiger partial charge is 0.493 e. The van der Waals surface area contributed by atoms with Crippen molar-refractivity contribution in [2.45, 2.75) is 19.5 Å². The average Bonchev–Trinajstić information content (AvgIpc) is 2.39. The molecule has 0 unspecified atom stereocenters. The SMILES string of the molecule is CCCOc1cccc2c1c(C(F)(F)F)cc(=O)n2N. The summed E-state index contributed by atoms with van der Waals surface area (Å²) in [5.74, 6) is 5.57. The molecule has 0 aliphatic heterocycles. The molecule has 0 aliphatic carbocycles. The van der Waals surface area contributed by atoms with Crippen LogP contribution < -0.4 is 16.1 Å². The Labute approximate surface area is 112 Å². The van der Waals surface area contributed by atoms with E-state index in [0.29, 0.717) is 17.2 Å². The van der Waals surface area contributed by atoms with Gasteiger partial charge in [0.25, 0.3) is 5.56 Å². The summed E-state index contributed by atoms with van der Waals surface area (Å²) in [6.45, 7) is 2.12. The fourth-order valence-corrected chi connectivity index (χ4v) is 1.93. The second kappa shape index (κ2) is 5.07. The summed E-state index contributed by atoms with van der Waals surface area (Å²) >= 11 is 0. The lowest BCUT2D eigenvalue weighted by Crippen LogP contribution is -2.29. The highest BCUT2D eigenvalue weighted by molar-refractivity contribution is 5.89. The molecule has 0 atom stereocenters. The number of rotatable bonds is 3. The molecule has 4 nitrogen and oxygen atoms in total. The van der Waals surface area contributed by atoms with Crippen LogP contribution in [0.25, 0.3) is 10.9 Å². The lowest BCUT2D eigenvalue weighted by atomic mass is 10.1. The zero-order valence-electron chi connectivity index (χ0n) is 10.7. The van der Waals surface area contributed by atoms with Gasteiger partial charge in [-0.2, -0.15) is 13.2 Å². The molecule has 20 heavy (non-hydrogen) atoms. The molecule has 0 fully saturated rings. The standard InChI is InChI=1S/C13H13F3N2O2/c1-2-6-20-10-5-3-4-9-12(10)8(13(14,15)16)7-11(19)18(9)17/h3-5,7H,2,6,17H2,1H3. The van der Waals surface area contributed by atoms with Crippen LogP contribution in [-0.2, 0) is 6.18 Å². The highest BCUT2D eigenvalue weighted by atomic mass is 19.4. The summed E-state index contributed by atoms with van der Waals surface area (Å²) in [5, 5.41) is -0.199. The monoisotopic (exact) mass is 286 g/mol. The fourth-order valence-electron chi connectivity index (χ4n) is 1.93. The van der Waals surface area contributed by atoms with E-state index in [1.807, 2.05) is 6.92 Å². The van der Waals surface area contributed by atoms with Gasteiger partial charge in [-0.15, -0.1) is 0 Å². The zero-order chi connectivity index (χ0) is 14.9. The first-order valence-electron chi connectivity index (χ1n) is 6.00. The zero-order valence-corrected chi connectivity index (χ0v) is 10.7. The van der Waals surface area contributed by atoms with E-state index < -0.39 is 17.3 Å². The summed E-state index contributed by atoms with van der Waals surface area (Å²) in [7, 11) is 0. The molecule has 0 amide bonds. The molecule has 0 saturated heterocycles. The highest BCUT2D eigenvalue weighted by Gasteiger charge is 2.35. The lowest BCUT2D eigenvalue weighted by molar-refractivity contribution is -0.136. The van der Waals surface area contributed by atoms with Crippen LogP contribution in [0, 0.1) is 0 Å². The molecule has 0 bridgehead atoms. The van der Waals surface area contributed by atoms with Crippen molar-refractivity contribution in [3.8, 4) is 5.75 Å². The molecule has 7 heteroatoms. The third kappa shape index (κ3) is 2.43. The van der Waals surface area contributed by atoms with Gasteiger partial charge in [0.2, 0.25) is 0 Å². The van der Waals surface area contributed by atoms with Gasteiger partial charge in [-0.1, -0.05) is 13.0 Å². The maximum Gasteiger partial charge on any atom is 0.417 e. The topological polar surface area (TPSA) is 57.2 Å². The number of hydrogen-bond acceptors (Lipinski definition) is 3. The Morgan fingerprint density at radius 3 is 2.65 bits per heavy atom. The van der Waals surface area contributed by atoms with Gasteiger partial charge in [0.15, 0.2) is 0 Å². The number of ether oxygens (including phenoxy) is 1. The molecule has 1 aromatic heterocycles. The van der Waals surface area contributed by atoms with Crippen LogP contribution in [0.15, 0.2) is 29.1 Å². The summed E-state index contributed by atoms with van der Waals surface area (Å²) in [5.41, 5.74) is -1.97. The van der Waals surface area contributed by atoms with E-state index in [1.54, 1.807) is 0 Å². The maximum atomic E-state index is 13.1. The molecule has 108 valence electrons. The Kier molecular flexibility index (Phi) is 3.61. The molecular weight excluding hydrogens is 273 g/mol. The number of fused-ring (bicyclic) bond motifs is 1. The van der Waals surface area contributed by atoms with Gasteiger partial charge in [0, 0.05) is 6.07 Å². The first kappa shape index (κ1) is 14.2. The Morgan fingerprint density at radius 1 is 1.35 bits per heavy atom. The number of nitrogens with zero attached hydrogens (tertiary/aromatic N) is 1. The second-order valence-electron chi connectivity index (χ2n) is 4.26. The third-order valence-electron chi connectivity index (χ3n) is 2.81. The van der Waals surface area contributed by atoms with Gasteiger partial charge < -0.3 is 10.6 Å². The number of benzene rings is 1. The molecule has 0 spiro atoms. The third-order valence-corrected chi connectivity index (χ3v) is 2.81. The molecule has 2 rings (SSSR count). The molecule has 0 aliphatic rings. The Morgan fingerprint density at radius 2 is 2.05 bits per heavy atom. The first-order valence-corrected chi connectivity index (χ1v) is 6.00. The van der Waals surface area contributed by atoms with Crippen molar-refractivity contribution in [1.29, 1.82) is 0 Å². The van der Waals surface area contributed by atoms with Crippen LogP contribution in [0.5, 0.6) is 5.75 Å². The van der Waals surface area contributed by atoms with Gasteiger partial charge in [-0.05, 0) is 18.6 Å². The first-order chi connectivity index (χ1) is 9.36. The molecule has 0 radical (unpaired) electrons. The number of hydrogen-bond donors (Lipinski definition) is 1. The Hall–Kier alpha value is -2.18. The van der Waals surface area contributed by atoms with Crippen LogP contribution >= 0.6 is 0 Å². The predicted molar refractivity (Wildman–Crippen MR) is 69.1 cm³/mol. The number of nitrogens with two attached hydrogens (primary N) is 1. The Bertz CT molecular complexity index is 692. The van der Waals surface area contributed by atoms with Gasteiger partial charge in [0.1, 0.15) is 5.75 Å². The van der Waals surface area contributed by atoms with Crippen LogP contribution in [0.4, 0.5) is 13.2 Å². The van der Waals surface area contributed by atoms with Gasteiger partial charge in [0.05, 0.1) is 23.1 Å². The summed E-state index contributed by atoms with van der Waals surface area (Å²) in [6, 6.07) is 4.76. The van der Waals surface area contributed by atoms with Crippen molar-refractivity contribution in [1.82, 2.24) is 4.68 Å². The minimum Gasteiger partial charge on any atom is -0.493 e. The summed E-state index contributed by atoms with van der Waals surface area (Å²) in [6.07, 6.45) is -4.00. The van der Waals surface area contributed by atoms with E-state index >= 15 is 0 Å². The minimum absolute atomic E-state index is 0.0153. The maximum absolute atomic E-state index is 13.1. The van der Waals surface area contributed by atoms with Crippen molar-refractivity contribution in [2.75, 3.05) is 12.4 Å². The smallest absolute Gasteiger partial charge is 0.417 e. The normalized spacial score (nSPS) is 11.8. The highest BCUT2D eigenvalue weighted by Crippen LogP contribution is 2.37. The van der Waals surface area contributed by atoms with Crippen molar-refractivity contribution < 1.29 is 17.9 Å². The van der Waals surface area contributed by atoms with Crippen molar-refractivity contribution in [3.05, 3.63) is 40.2 Å². The van der Waals surface area contributed by atoms with E-state index in [4.69, 9.17) is 10.6 Å². The van der Waals surface area contributed by atoms with Gasteiger partial charge in [-0.3, -0.25) is 4.79 Å². The van der Waals surface area contributed by atoms with E-state index in [9.17, 15) is 18.0 Å². The number of alkyl halides is 3. The molecule has 0 saturated carbocycles. The van der Waals surface area contributed by atoms with Gasteiger partial charge >= 0.3 is 6.18 Å². The average molecular weight is 286 g/mol. The summed E-state index contributed by atoms with van der Waals surface area (Å²) < 4.78 is 45.3. The van der Waals surface area contributed by atoms with E-state index in [2.05, 4.69) is 0 Å². The molecule has 2 N–H and O–H groups in total. The van der Waals surface area contributed by atoms with Crippen LogP contribution in [0.1, 0.15) is 18.9 Å². The van der Waals surface area contributed by atoms with Crippen LogP contribution in [0.2, 0.25) is 0 Å². The molecule has 2 aromatic rings. The molecule has 1 aromatic carbocycles. The van der Waals surface area contributed by atoms with Crippen molar-refractivity contribution in [3.63, 3.8) is 0 Å². The number of aromatic nitrogens is 1. The van der Waals surface area contributed by atoms with E-state index in [0.717, 1.165) is 0 Å². The fraction of sp³-hybridized carbons (Fsp3) is 0.308. The number of pyridine rings is 1. The Balaban J connectivity index is 2.84. The molecular formula is C13H13F3N2O2. The van der Waals surface area contributed by atoms with E-state index in [-0.39, 0.29) is 23.3 Å². The van der Waals surface area contributed by atoms with Crippen molar-refractivity contribution >= 4 is 10.9 Å². The lowest BCUT2D eigenvalue weighted by Gasteiger charge is -2.16. The number of halogens is 3. The minimum atomic E-state index is -4.66. The van der Waals surface area contributed by atoms with Crippen LogP contribution in [0.3, 0.4) is 0 Å².